The van der Waals surface area contributed by atoms with Crippen molar-refractivity contribution in [2.45, 2.75) is 13.2 Å². The molecule has 0 aromatic heterocycles. The van der Waals surface area contributed by atoms with Gasteiger partial charge in [-0.2, -0.15) is 0 Å². The van der Waals surface area contributed by atoms with Gasteiger partial charge in [-0.1, -0.05) is 72.3 Å². The van der Waals surface area contributed by atoms with E-state index in [0.29, 0.717) is 12.4 Å². The molecule has 0 bridgehead atoms. The van der Waals surface area contributed by atoms with Crippen molar-refractivity contribution in [2.75, 3.05) is 0 Å². The molecule has 0 atom stereocenters. The van der Waals surface area contributed by atoms with Crippen LogP contribution in [0.15, 0.2) is 72.8 Å². The molecule has 3 aromatic carbocycles. The smallest absolute Gasteiger partial charge is 0.312 e. The van der Waals surface area contributed by atoms with Crippen molar-refractivity contribution in [3.05, 3.63) is 99.1 Å². The van der Waals surface area contributed by atoms with Gasteiger partial charge in [-0.25, -0.2) is 0 Å². The highest BCUT2D eigenvalue weighted by Crippen LogP contribution is 2.38. The van der Waals surface area contributed by atoms with Gasteiger partial charge in [0.05, 0.1) is 9.95 Å². The van der Waals surface area contributed by atoms with Gasteiger partial charge in [-0.05, 0) is 11.1 Å². The predicted octanol–water partition coefficient (Wildman–Crippen LogP) is 5.41. The number of nitro benzene ring substituents is 1. The third kappa shape index (κ3) is 4.52. The van der Waals surface area contributed by atoms with E-state index < -0.39 is 4.92 Å². The molecule has 0 aliphatic carbocycles. The number of benzene rings is 3. The summed E-state index contributed by atoms with van der Waals surface area (Å²) < 4.78 is 11.4. The first-order chi connectivity index (χ1) is 12.6. The largest absolute Gasteiger partial charge is 0.487 e. The number of hydrogen-bond donors (Lipinski definition) is 0. The molecule has 0 fully saturated rings. The van der Waals surface area contributed by atoms with Crippen LogP contribution in [0.3, 0.4) is 0 Å². The molecule has 0 spiro atoms. The summed E-state index contributed by atoms with van der Waals surface area (Å²) in [5, 5.41) is 11.5. The lowest BCUT2D eigenvalue weighted by molar-refractivity contribution is -0.385. The molecule has 0 aliphatic rings. The van der Waals surface area contributed by atoms with Crippen LogP contribution in [0.4, 0.5) is 5.69 Å². The Labute approximate surface area is 155 Å². The van der Waals surface area contributed by atoms with Gasteiger partial charge in [0.25, 0.3) is 0 Å². The van der Waals surface area contributed by atoms with E-state index in [0.717, 1.165) is 11.1 Å². The van der Waals surface area contributed by atoms with Crippen molar-refractivity contribution in [1.82, 2.24) is 0 Å². The van der Waals surface area contributed by atoms with Gasteiger partial charge in [0.15, 0.2) is 0 Å². The summed E-state index contributed by atoms with van der Waals surface area (Å²) in [6, 6.07) is 21.7. The lowest BCUT2D eigenvalue weighted by atomic mass is 10.2. The van der Waals surface area contributed by atoms with Crippen molar-refractivity contribution in [3.8, 4) is 11.5 Å². The number of rotatable bonds is 7. The molecule has 0 saturated heterocycles. The summed E-state index contributed by atoms with van der Waals surface area (Å²) in [6.07, 6.45) is 0. The van der Waals surface area contributed by atoms with E-state index in [9.17, 15) is 10.1 Å². The average Bonchev–Trinajstić information content (AvgIpc) is 2.67. The maximum Gasteiger partial charge on any atom is 0.312 e. The zero-order valence-electron chi connectivity index (χ0n) is 13.8. The molecule has 0 saturated carbocycles. The summed E-state index contributed by atoms with van der Waals surface area (Å²) in [7, 11) is 0. The Morgan fingerprint density at radius 1 is 0.808 bits per heavy atom. The zero-order chi connectivity index (χ0) is 18.4. The highest BCUT2D eigenvalue weighted by atomic mass is 35.5. The number of halogens is 1. The number of hydrogen-bond acceptors (Lipinski definition) is 4. The predicted molar refractivity (Wildman–Crippen MR) is 99.7 cm³/mol. The fraction of sp³-hybridized carbons (Fsp3) is 0.100. The second-order valence-corrected chi connectivity index (χ2v) is 5.96. The van der Waals surface area contributed by atoms with Crippen molar-refractivity contribution >= 4 is 17.3 Å². The van der Waals surface area contributed by atoms with Crippen LogP contribution in [0.5, 0.6) is 11.5 Å². The van der Waals surface area contributed by atoms with Crippen molar-refractivity contribution < 1.29 is 14.4 Å². The van der Waals surface area contributed by atoms with E-state index in [1.165, 1.54) is 12.1 Å². The fourth-order valence-corrected chi connectivity index (χ4v) is 2.58. The molecule has 5 nitrogen and oxygen atoms in total. The van der Waals surface area contributed by atoms with E-state index >= 15 is 0 Å². The quantitative estimate of drug-likeness (QED) is 0.413. The maximum atomic E-state index is 11.3. The van der Waals surface area contributed by atoms with Crippen molar-refractivity contribution in [3.63, 3.8) is 0 Å². The van der Waals surface area contributed by atoms with Gasteiger partial charge in [-0.15, -0.1) is 0 Å². The molecule has 0 radical (unpaired) electrons. The Morgan fingerprint density at radius 3 is 1.81 bits per heavy atom. The minimum absolute atomic E-state index is 0.117. The van der Waals surface area contributed by atoms with Gasteiger partial charge in [0.2, 0.25) is 5.75 Å². The molecule has 26 heavy (non-hydrogen) atoms. The molecule has 132 valence electrons. The Morgan fingerprint density at radius 2 is 1.31 bits per heavy atom. The van der Waals surface area contributed by atoms with E-state index in [1.54, 1.807) is 0 Å². The SMILES string of the molecule is O=[N+]([O-])c1cc(Cl)c(OCc2ccccc2)cc1OCc1ccccc1. The second-order valence-electron chi connectivity index (χ2n) is 5.56. The number of ether oxygens (including phenoxy) is 2. The first kappa shape index (κ1) is 17.8. The Balaban J connectivity index is 1.80. The van der Waals surface area contributed by atoms with Crippen LogP contribution in [0.25, 0.3) is 0 Å². The van der Waals surface area contributed by atoms with E-state index in [1.807, 2.05) is 60.7 Å². The monoisotopic (exact) mass is 369 g/mol. The average molecular weight is 370 g/mol. The highest BCUT2D eigenvalue weighted by Gasteiger charge is 2.20. The van der Waals surface area contributed by atoms with Gasteiger partial charge in [0, 0.05) is 12.1 Å². The van der Waals surface area contributed by atoms with Crippen LogP contribution in [0.1, 0.15) is 11.1 Å². The van der Waals surface area contributed by atoms with Gasteiger partial charge in [-0.3, -0.25) is 10.1 Å². The highest BCUT2D eigenvalue weighted by molar-refractivity contribution is 6.32. The standard InChI is InChI=1S/C20H16ClNO4/c21-17-11-18(22(23)24)20(26-14-16-9-5-2-6-10-16)12-19(17)25-13-15-7-3-1-4-8-15/h1-12H,13-14H2. The molecule has 0 N–H and O–H groups in total. The molecular formula is C20H16ClNO4. The van der Waals surface area contributed by atoms with E-state index in [-0.39, 0.29) is 23.1 Å². The Bertz CT molecular complexity index is 885. The third-order valence-electron chi connectivity index (χ3n) is 3.68. The molecule has 3 rings (SSSR count). The first-order valence-electron chi connectivity index (χ1n) is 7.95. The summed E-state index contributed by atoms with van der Waals surface area (Å²) in [5.74, 6) is 0.454. The van der Waals surface area contributed by atoms with Crippen LogP contribution in [0.2, 0.25) is 5.02 Å². The lowest BCUT2D eigenvalue weighted by Crippen LogP contribution is -2.01. The maximum absolute atomic E-state index is 11.3. The van der Waals surface area contributed by atoms with Gasteiger partial charge < -0.3 is 9.47 Å². The fourth-order valence-electron chi connectivity index (χ4n) is 2.36. The number of nitro groups is 1. The molecule has 0 aliphatic heterocycles. The number of nitrogens with zero attached hydrogens (tertiary/aromatic N) is 1. The normalized spacial score (nSPS) is 10.3. The molecule has 6 heteroatoms. The van der Waals surface area contributed by atoms with E-state index in [4.69, 9.17) is 21.1 Å². The topological polar surface area (TPSA) is 61.6 Å². The summed E-state index contributed by atoms with van der Waals surface area (Å²) in [6.45, 7) is 0.512. The first-order valence-corrected chi connectivity index (χ1v) is 8.32. The molecule has 0 unspecified atom stereocenters. The minimum atomic E-state index is -0.521. The lowest BCUT2D eigenvalue weighted by Gasteiger charge is -2.12. The Kier molecular flexibility index (Phi) is 5.71. The second kappa shape index (κ2) is 8.36. The van der Waals surface area contributed by atoms with Crippen LogP contribution in [-0.4, -0.2) is 4.92 Å². The van der Waals surface area contributed by atoms with Gasteiger partial charge >= 0.3 is 5.69 Å². The van der Waals surface area contributed by atoms with Crippen LogP contribution < -0.4 is 9.47 Å². The molecular weight excluding hydrogens is 354 g/mol. The summed E-state index contributed by atoms with van der Waals surface area (Å²) in [4.78, 5) is 10.8. The third-order valence-corrected chi connectivity index (χ3v) is 3.98. The molecule has 0 heterocycles. The summed E-state index contributed by atoms with van der Waals surface area (Å²) in [5.41, 5.74) is 1.68. The van der Waals surface area contributed by atoms with E-state index in [2.05, 4.69) is 0 Å². The van der Waals surface area contributed by atoms with Crippen LogP contribution in [0, 0.1) is 10.1 Å². The zero-order valence-corrected chi connectivity index (χ0v) is 14.6. The van der Waals surface area contributed by atoms with Crippen LogP contribution in [-0.2, 0) is 13.2 Å². The van der Waals surface area contributed by atoms with Crippen molar-refractivity contribution in [1.29, 1.82) is 0 Å². The molecule has 0 amide bonds. The molecule has 3 aromatic rings. The minimum Gasteiger partial charge on any atom is -0.487 e. The Hall–Kier alpha value is -3.05. The summed E-state index contributed by atoms with van der Waals surface area (Å²) >= 11 is 6.14. The van der Waals surface area contributed by atoms with Crippen molar-refractivity contribution in [2.24, 2.45) is 0 Å². The van der Waals surface area contributed by atoms with Gasteiger partial charge in [0.1, 0.15) is 19.0 Å². The van der Waals surface area contributed by atoms with Crippen LogP contribution >= 0.6 is 11.6 Å².